The predicted octanol–water partition coefficient (Wildman–Crippen LogP) is 6.07. The van der Waals surface area contributed by atoms with Crippen LogP contribution in [0.2, 0.25) is 6.32 Å². The quantitative estimate of drug-likeness (QED) is 0.133. The van der Waals surface area contributed by atoms with E-state index in [-0.39, 0.29) is 43.9 Å². The van der Waals surface area contributed by atoms with Gasteiger partial charge in [0.2, 0.25) is 0 Å². The lowest BCUT2D eigenvalue weighted by Crippen LogP contribution is -2.37. The molecule has 0 spiro atoms. The molecule has 6 nitrogen and oxygen atoms in total. The van der Waals surface area contributed by atoms with Crippen molar-refractivity contribution < 1.29 is 28.7 Å². The molecule has 0 radical (unpaired) electrons. The molecule has 1 aromatic carbocycles. The summed E-state index contributed by atoms with van der Waals surface area (Å²) in [5.74, 6) is 1.10. The van der Waals surface area contributed by atoms with Gasteiger partial charge in [-0.3, -0.25) is 4.79 Å². The van der Waals surface area contributed by atoms with Gasteiger partial charge in [-0.05, 0) is 76.4 Å². The third-order valence-corrected chi connectivity index (χ3v) is 6.97. The lowest BCUT2D eigenvalue weighted by atomic mass is 9.80. The number of esters is 1. The Hall–Kier alpha value is -2.09. The van der Waals surface area contributed by atoms with Crippen molar-refractivity contribution in [3.05, 3.63) is 54.1 Å². The number of aliphatic hydroxyl groups is 1. The van der Waals surface area contributed by atoms with Crippen molar-refractivity contribution >= 4 is 13.1 Å². The normalized spacial score (nSPS) is 24.3. The molecule has 1 aliphatic carbocycles. The van der Waals surface area contributed by atoms with E-state index in [0.717, 1.165) is 56.2 Å². The van der Waals surface area contributed by atoms with E-state index in [2.05, 4.69) is 25.2 Å². The Labute approximate surface area is 223 Å². The maximum Gasteiger partial charge on any atom is 0.457 e. The van der Waals surface area contributed by atoms with Crippen LogP contribution in [0, 0.1) is 18.8 Å². The summed E-state index contributed by atoms with van der Waals surface area (Å²) in [6.45, 7) is 8.15. The summed E-state index contributed by atoms with van der Waals surface area (Å²) < 4.78 is 23.7. The second-order valence-corrected chi connectivity index (χ2v) is 10.6. The molecular formula is C30H45BO6. The molecule has 1 N–H and O–H groups in total. The van der Waals surface area contributed by atoms with Crippen LogP contribution >= 0.6 is 0 Å². The van der Waals surface area contributed by atoms with E-state index >= 15 is 0 Å². The number of benzene rings is 1. The predicted molar refractivity (Wildman–Crippen MR) is 147 cm³/mol. The maximum atomic E-state index is 11.7. The van der Waals surface area contributed by atoms with Crippen LogP contribution in [0.1, 0.15) is 71.3 Å². The molecule has 1 aromatic rings. The van der Waals surface area contributed by atoms with E-state index in [0.29, 0.717) is 12.3 Å². The summed E-state index contributed by atoms with van der Waals surface area (Å²) in [4.78, 5) is 11.7. The van der Waals surface area contributed by atoms with Crippen molar-refractivity contribution in [3.63, 3.8) is 0 Å². The van der Waals surface area contributed by atoms with Gasteiger partial charge in [-0.1, -0.05) is 56.2 Å². The molecule has 37 heavy (non-hydrogen) atoms. The molecule has 2 fully saturated rings. The molecule has 1 saturated heterocycles. The first-order valence-corrected chi connectivity index (χ1v) is 14.1. The minimum atomic E-state index is -0.695. The SMILES string of the molecule is CCCCB1O[C@H]2C[C@@H](O1)[C@H](/C=C/[C@@H](O)COc1cccc(C)c1)[C@H]2C/C=C\CCCC(=O)OC(C)C. The largest absolute Gasteiger partial charge is 0.491 e. The second kappa shape index (κ2) is 15.4. The third kappa shape index (κ3) is 9.95. The van der Waals surface area contributed by atoms with Gasteiger partial charge in [-0.25, -0.2) is 0 Å². The molecule has 0 amide bonds. The van der Waals surface area contributed by atoms with E-state index in [1.165, 1.54) is 0 Å². The van der Waals surface area contributed by atoms with Gasteiger partial charge in [0.25, 0.3) is 0 Å². The number of aliphatic hydroxyl groups excluding tert-OH is 1. The molecule has 0 unspecified atom stereocenters. The zero-order valence-corrected chi connectivity index (χ0v) is 23.0. The van der Waals surface area contributed by atoms with Gasteiger partial charge in [0.15, 0.2) is 0 Å². The number of rotatable bonds is 15. The van der Waals surface area contributed by atoms with Gasteiger partial charge in [0, 0.05) is 18.4 Å². The van der Waals surface area contributed by atoms with Gasteiger partial charge < -0.3 is 23.9 Å². The minimum Gasteiger partial charge on any atom is -0.491 e. The van der Waals surface area contributed by atoms with Crippen molar-refractivity contribution in [2.45, 2.75) is 103 Å². The first-order chi connectivity index (χ1) is 17.9. The fourth-order valence-electron chi connectivity index (χ4n) is 5.15. The van der Waals surface area contributed by atoms with Gasteiger partial charge in [-0.15, -0.1) is 0 Å². The topological polar surface area (TPSA) is 74.2 Å². The Bertz CT molecular complexity index is 885. The van der Waals surface area contributed by atoms with Crippen molar-refractivity contribution in [2.24, 2.45) is 11.8 Å². The van der Waals surface area contributed by atoms with Gasteiger partial charge >= 0.3 is 13.1 Å². The number of hydrogen-bond donors (Lipinski definition) is 1. The Balaban J connectivity index is 1.55. The van der Waals surface area contributed by atoms with Gasteiger partial charge in [0.05, 0.1) is 12.2 Å². The molecule has 5 atom stereocenters. The van der Waals surface area contributed by atoms with Crippen LogP contribution in [0.25, 0.3) is 0 Å². The Morgan fingerprint density at radius 2 is 2.03 bits per heavy atom. The molecule has 7 heteroatoms. The van der Waals surface area contributed by atoms with E-state index < -0.39 is 6.10 Å². The van der Waals surface area contributed by atoms with Crippen LogP contribution in [0.3, 0.4) is 0 Å². The van der Waals surface area contributed by atoms with E-state index in [1.54, 1.807) is 0 Å². The van der Waals surface area contributed by atoms with E-state index in [1.807, 2.05) is 51.1 Å². The summed E-state index contributed by atoms with van der Waals surface area (Å²) in [7, 11) is -0.143. The second-order valence-electron chi connectivity index (χ2n) is 10.6. The number of ether oxygens (including phenoxy) is 2. The number of hydrogen-bond acceptors (Lipinski definition) is 6. The standard InChI is InChI=1S/C30H45BO6/c1-5-6-18-31-36-28-20-29(37-31)27(17-16-24(32)21-34-25-13-11-12-23(4)19-25)26(28)14-9-7-8-10-15-30(33)35-22(2)3/h7,9,11-13,16-17,19,22,24,26-29,32H,5-6,8,10,14-15,18,20-21H2,1-4H3/b9-7-,17-16+/t24-,26-,27-,28+,29-/m1/s1. The van der Waals surface area contributed by atoms with Crippen molar-refractivity contribution in [2.75, 3.05) is 6.61 Å². The highest BCUT2D eigenvalue weighted by Gasteiger charge is 2.49. The first kappa shape index (κ1) is 29.5. The number of fused-ring (bicyclic) bond motifs is 2. The summed E-state index contributed by atoms with van der Waals surface area (Å²) >= 11 is 0. The monoisotopic (exact) mass is 512 g/mol. The van der Waals surface area contributed by atoms with Crippen LogP contribution in [0.4, 0.5) is 0 Å². The number of aryl methyl sites for hydroxylation is 1. The average molecular weight is 512 g/mol. The highest BCUT2D eigenvalue weighted by molar-refractivity contribution is 6.44. The Morgan fingerprint density at radius 3 is 2.78 bits per heavy atom. The Kier molecular flexibility index (Phi) is 12.2. The molecule has 1 heterocycles. The molecule has 1 aliphatic heterocycles. The lowest BCUT2D eigenvalue weighted by molar-refractivity contribution is -0.147. The molecular weight excluding hydrogens is 467 g/mol. The summed E-state index contributed by atoms with van der Waals surface area (Å²) in [5.41, 5.74) is 1.13. The van der Waals surface area contributed by atoms with Crippen molar-refractivity contribution in [1.29, 1.82) is 0 Å². The van der Waals surface area contributed by atoms with Crippen LogP contribution in [-0.4, -0.2) is 49.2 Å². The van der Waals surface area contributed by atoms with Crippen molar-refractivity contribution in [3.8, 4) is 5.75 Å². The van der Waals surface area contributed by atoms with Crippen LogP contribution < -0.4 is 4.74 Å². The summed E-state index contributed by atoms with van der Waals surface area (Å²) in [5, 5.41) is 10.6. The lowest BCUT2D eigenvalue weighted by Gasteiger charge is -2.27. The fraction of sp³-hybridized carbons (Fsp3) is 0.633. The molecule has 0 aromatic heterocycles. The minimum absolute atomic E-state index is 0.0641. The van der Waals surface area contributed by atoms with Crippen LogP contribution in [-0.2, 0) is 18.8 Å². The van der Waals surface area contributed by atoms with Gasteiger partial charge in [-0.2, -0.15) is 0 Å². The van der Waals surface area contributed by atoms with Crippen LogP contribution in [0.15, 0.2) is 48.6 Å². The zero-order chi connectivity index (χ0) is 26.6. The number of allylic oxidation sites excluding steroid dienone is 2. The maximum absolute atomic E-state index is 11.7. The highest BCUT2D eigenvalue weighted by atomic mass is 16.6. The van der Waals surface area contributed by atoms with E-state index in [9.17, 15) is 9.90 Å². The van der Waals surface area contributed by atoms with Crippen molar-refractivity contribution in [1.82, 2.24) is 0 Å². The molecule has 204 valence electrons. The van der Waals surface area contributed by atoms with E-state index in [4.69, 9.17) is 18.8 Å². The Morgan fingerprint density at radius 1 is 1.22 bits per heavy atom. The first-order valence-electron chi connectivity index (χ1n) is 14.1. The number of unbranched alkanes of at least 4 members (excludes halogenated alkanes) is 2. The zero-order valence-electron chi connectivity index (χ0n) is 23.0. The highest BCUT2D eigenvalue weighted by Crippen LogP contribution is 2.44. The average Bonchev–Trinajstić information content (AvgIpc) is 3.10. The number of carbonyl (C=O) groups is 1. The third-order valence-electron chi connectivity index (χ3n) is 6.97. The smallest absolute Gasteiger partial charge is 0.457 e. The fourth-order valence-corrected chi connectivity index (χ4v) is 5.15. The number of carbonyl (C=O) groups excluding carboxylic acids is 1. The molecule has 1 saturated carbocycles. The summed E-state index contributed by atoms with van der Waals surface area (Å²) in [6.07, 6.45) is 14.8. The van der Waals surface area contributed by atoms with Crippen LogP contribution in [0.5, 0.6) is 5.75 Å². The molecule has 2 aliphatic rings. The molecule has 3 rings (SSSR count). The summed E-state index contributed by atoms with van der Waals surface area (Å²) in [6, 6.07) is 7.84. The van der Waals surface area contributed by atoms with Gasteiger partial charge in [0.1, 0.15) is 18.5 Å². The molecule has 2 bridgehead atoms.